The van der Waals surface area contributed by atoms with Gasteiger partial charge in [-0.15, -0.1) is 21.5 Å². The Bertz CT molecular complexity index is 1430. The van der Waals surface area contributed by atoms with Crippen molar-refractivity contribution in [2.24, 2.45) is 0 Å². The van der Waals surface area contributed by atoms with Crippen molar-refractivity contribution in [3.05, 3.63) is 79.6 Å². The second kappa shape index (κ2) is 6.32. The van der Waals surface area contributed by atoms with Gasteiger partial charge in [0.05, 0.1) is 16.0 Å². The van der Waals surface area contributed by atoms with Gasteiger partial charge >= 0.3 is 0 Å². The fourth-order valence-electron chi connectivity index (χ4n) is 3.40. The van der Waals surface area contributed by atoms with Crippen molar-refractivity contribution in [3.8, 4) is 27.0 Å². The molecule has 29 heavy (non-hydrogen) atoms. The molecule has 0 aliphatic carbocycles. The van der Waals surface area contributed by atoms with Gasteiger partial charge in [-0.25, -0.2) is 14.5 Å². The quantitative estimate of drug-likeness (QED) is 0.448. The van der Waals surface area contributed by atoms with E-state index in [1.807, 2.05) is 41.2 Å². The van der Waals surface area contributed by atoms with Crippen LogP contribution in [0.1, 0.15) is 0 Å². The van der Waals surface area contributed by atoms with Crippen LogP contribution >= 0.6 is 11.3 Å². The SMILES string of the molecule is c1ccc2c(-n3ccnc3)nnc(-c3ccc(-c4cn5ncccc5n4)s3)c2c1. The number of hydrogen-bond acceptors (Lipinski definition) is 6. The zero-order chi connectivity index (χ0) is 19.2. The van der Waals surface area contributed by atoms with Crippen LogP contribution in [0, 0.1) is 0 Å². The minimum Gasteiger partial charge on any atom is -0.289 e. The van der Waals surface area contributed by atoms with Crippen molar-refractivity contribution >= 4 is 27.8 Å². The van der Waals surface area contributed by atoms with E-state index < -0.39 is 0 Å². The first kappa shape index (κ1) is 16.1. The van der Waals surface area contributed by atoms with E-state index in [4.69, 9.17) is 0 Å². The van der Waals surface area contributed by atoms with Crippen LogP contribution in [0.4, 0.5) is 0 Å². The largest absolute Gasteiger partial charge is 0.289 e. The summed E-state index contributed by atoms with van der Waals surface area (Å²) in [6.07, 6.45) is 9.03. The third kappa shape index (κ3) is 2.61. The van der Waals surface area contributed by atoms with Crippen LogP contribution in [0.15, 0.2) is 79.6 Å². The van der Waals surface area contributed by atoms with Crippen molar-refractivity contribution < 1.29 is 0 Å². The van der Waals surface area contributed by atoms with Crippen molar-refractivity contribution in [2.75, 3.05) is 0 Å². The summed E-state index contributed by atoms with van der Waals surface area (Å²) in [7, 11) is 0. The Labute approximate surface area is 168 Å². The molecule has 0 aliphatic heterocycles. The average molecular weight is 395 g/mol. The van der Waals surface area contributed by atoms with Crippen molar-refractivity contribution in [2.45, 2.75) is 0 Å². The standard InChI is InChI=1S/C21H13N7S/c1-2-5-15-14(4-1)20(25-26-21(15)27-11-10-22-13-27)18-8-7-17(29-18)16-12-28-19(24-16)6-3-9-23-28/h1-13H. The Morgan fingerprint density at radius 1 is 0.828 bits per heavy atom. The number of aromatic nitrogens is 7. The van der Waals surface area contributed by atoms with Crippen molar-refractivity contribution in [3.63, 3.8) is 0 Å². The minimum absolute atomic E-state index is 0.769. The molecule has 6 aromatic rings. The second-order valence-corrected chi connectivity index (χ2v) is 7.59. The van der Waals surface area contributed by atoms with Crippen LogP contribution in [-0.4, -0.2) is 34.3 Å². The van der Waals surface area contributed by atoms with Gasteiger partial charge in [-0.1, -0.05) is 24.3 Å². The highest BCUT2D eigenvalue weighted by molar-refractivity contribution is 7.18. The second-order valence-electron chi connectivity index (χ2n) is 6.50. The maximum atomic E-state index is 4.66. The summed E-state index contributed by atoms with van der Waals surface area (Å²) in [4.78, 5) is 10.9. The molecule has 0 saturated carbocycles. The molecule has 5 aromatic heterocycles. The molecule has 5 heterocycles. The first-order valence-corrected chi connectivity index (χ1v) is 9.83. The number of hydrogen-bond donors (Lipinski definition) is 0. The summed E-state index contributed by atoms with van der Waals surface area (Å²) in [5, 5.41) is 15.4. The Kier molecular flexibility index (Phi) is 3.50. The molecule has 0 bridgehead atoms. The van der Waals surface area contributed by atoms with Gasteiger partial charge in [0.25, 0.3) is 0 Å². The molecule has 0 aliphatic rings. The molecule has 138 valence electrons. The van der Waals surface area contributed by atoms with Crippen LogP contribution in [0.2, 0.25) is 0 Å². The first-order valence-electron chi connectivity index (χ1n) is 9.01. The van der Waals surface area contributed by atoms with E-state index in [0.29, 0.717) is 0 Å². The Balaban J connectivity index is 1.49. The van der Waals surface area contributed by atoms with Crippen LogP contribution in [0.3, 0.4) is 0 Å². The molecule has 0 spiro atoms. The molecular formula is C21H13N7S. The summed E-state index contributed by atoms with van der Waals surface area (Å²) in [6, 6.07) is 16.1. The van der Waals surface area contributed by atoms with E-state index in [1.165, 1.54) is 0 Å². The molecule has 0 fully saturated rings. The summed E-state index contributed by atoms with van der Waals surface area (Å²) in [6.45, 7) is 0. The number of rotatable bonds is 3. The normalized spacial score (nSPS) is 11.4. The predicted molar refractivity (Wildman–Crippen MR) is 112 cm³/mol. The molecule has 0 saturated heterocycles. The van der Waals surface area contributed by atoms with E-state index in [2.05, 4.69) is 49.5 Å². The van der Waals surface area contributed by atoms with Gasteiger partial charge in [-0.2, -0.15) is 5.10 Å². The summed E-state index contributed by atoms with van der Waals surface area (Å²) in [5.41, 5.74) is 2.59. The molecule has 0 unspecified atom stereocenters. The smallest absolute Gasteiger partial charge is 0.168 e. The lowest BCUT2D eigenvalue weighted by molar-refractivity contribution is 0.933. The molecule has 0 amide bonds. The molecule has 8 heteroatoms. The van der Waals surface area contributed by atoms with E-state index in [1.54, 1.807) is 34.6 Å². The van der Waals surface area contributed by atoms with Gasteiger partial charge < -0.3 is 0 Å². The summed E-state index contributed by atoms with van der Waals surface area (Å²) >= 11 is 1.65. The Hall–Kier alpha value is -3.91. The molecular weight excluding hydrogens is 382 g/mol. The highest BCUT2D eigenvalue weighted by Crippen LogP contribution is 2.36. The highest BCUT2D eigenvalue weighted by Gasteiger charge is 2.15. The van der Waals surface area contributed by atoms with Gasteiger partial charge in [0.15, 0.2) is 11.5 Å². The average Bonchev–Trinajstić information content (AvgIpc) is 3.53. The lowest BCUT2D eigenvalue weighted by Gasteiger charge is -2.08. The Morgan fingerprint density at radius 3 is 2.59 bits per heavy atom. The maximum Gasteiger partial charge on any atom is 0.168 e. The zero-order valence-corrected chi connectivity index (χ0v) is 15.9. The van der Waals surface area contributed by atoms with E-state index in [9.17, 15) is 0 Å². The van der Waals surface area contributed by atoms with Gasteiger partial charge in [0.1, 0.15) is 17.7 Å². The summed E-state index contributed by atoms with van der Waals surface area (Å²) < 4.78 is 3.66. The molecule has 7 nitrogen and oxygen atoms in total. The monoisotopic (exact) mass is 395 g/mol. The van der Waals surface area contributed by atoms with Gasteiger partial charge in [0, 0.05) is 29.4 Å². The summed E-state index contributed by atoms with van der Waals surface area (Å²) in [5.74, 6) is 0.769. The molecule has 0 N–H and O–H groups in total. The van der Waals surface area contributed by atoms with Gasteiger partial charge in [-0.3, -0.25) is 4.57 Å². The fraction of sp³-hybridized carbons (Fsp3) is 0. The van der Waals surface area contributed by atoms with Crippen LogP contribution in [-0.2, 0) is 0 Å². The third-order valence-corrected chi connectivity index (χ3v) is 5.86. The molecule has 6 rings (SSSR count). The van der Waals surface area contributed by atoms with Crippen molar-refractivity contribution in [1.29, 1.82) is 0 Å². The molecule has 0 atom stereocenters. The predicted octanol–water partition coefficient (Wildman–Crippen LogP) is 4.25. The number of benzene rings is 1. The zero-order valence-electron chi connectivity index (χ0n) is 15.0. The van der Waals surface area contributed by atoms with Crippen LogP contribution in [0.5, 0.6) is 0 Å². The maximum absolute atomic E-state index is 4.66. The first-order chi connectivity index (χ1) is 14.4. The topological polar surface area (TPSA) is 73.8 Å². The fourth-order valence-corrected chi connectivity index (χ4v) is 4.36. The van der Waals surface area contributed by atoms with E-state index in [-0.39, 0.29) is 0 Å². The van der Waals surface area contributed by atoms with E-state index >= 15 is 0 Å². The molecule has 1 aromatic carbocycles. The number of thiophene rings is 1. The number of imidazole rings is 2. The Morgan fingerprint density at radius 2 is 1.72 bits per heavy atom. The lowest BCUT2D eigenvalue weighted by atomic mass is 10.1. The van der Waals surface area contributed by atoms with E-state index in [0.717, 1.165) is 43.4 Å². The van der Waals surface area contributed by atoms with Crippen molar-refractivity contribution in [1.82, 2.24) is 34.3 Å². The van der Waals surface area contributed by atoms with Gasteiger partial charge in [-0.05, 0) is 24.3 Å². The van der Waals surface area contributed by atoms with Gasteiger partial charge in [0.2, 0.25) is 0 Å². The van der Waals surface area contributed by atoms with Crippen LogP contribution < -0.4 is 0 Å². The highest BCUT2D eigenvalue weighted by atomic mass is 32.1. The molecule has 0 radical (unpaired) electrons. The van der Waals surface area contributed by atoms with Crippen LogP contribution in [0.25, 0.3) is 43.4 Å². The lowest BCUT2D eigenvalue weighted by Crippen LogP contribution is -1.99. The third-order valence-electron chi connectivity index (χ3n) is 4.75. The minimum atomic E-state index is 0.769. The number of fused-ring (bicyclic) bond motifs is 2. The number of nitrogens with zero attached hydrogens (tertiary/aromatic N) is 7.